The lowest BCUT2D eigenvalue weighted by molar-refractivity contribution is -0.158. The molecule has 0 aromatic heterocycles. The first-order chi connectivity index (χ1) is 13.1. The van der Waals surface area contributed by atoms with Gasteiger partial charge in [0.15, 0.2) is 6.10 Å². The molecule has 7 nitrogen and oxygen atoms in total. The first kappa shape index (κ1) is 21.9. The summed E-state index contributed by atoms with van der Waals surface area (Å²) < 4.78 is 19.4. The Labute approximate surface area is 164 Å². The number of aliphatic hydroxyl groups is 1. The number of methoxy groups -OCH3 is 1. The number of carboxylic acid groups (broad SMARTS) is 1. The number of halogens is 1. The molecule has 1 heterocycles. The molecule has 3 atom stereocenters. The molecule has 2 N–H and O–H groups in total. The van der Waals surface area contributed by atoms with Crippen LogP contribution in [0.1, 0.15) is 27.2 Å². The summed E-state index contributed by atoms with van der Waals surface area (Å²) in [4.78, 5) is 27.7. The van der Waals surface area contributed by atoms with Gasteiger partial charge in [-0.1, -0.05) is 13.8 Å². The van der Waals surface area contributed by atoms with Crippen LogP contribution in [0.4, 0.5) is 10.1 Å². The fourth-order valence-electron chi connectivity index (χ4n) is 3.62. The van der Waals surface area contributed by atoms with E-state index in [0.717, 1.165) is 0 Å². The molecule has 156 valence electrons. The molecule has 1 aromatic carbocycles. The molecule has 2 rings (SSSR count). The molecule has 1 saturated heterocycles. The lowest BCUT2D eigenvalue weighted by atomic mass is 9.90. The van der Waals surface area contributed by atoms with E-state index in [-0.39, 0.29) is 30.1 Å². The molecular formula is C20H29FN2O5. The number of piperazine rings is 1. The molecule has 0 spiro atoms. The zero-order valence-corrected chi connectivity index (χ0v) is 16.8. The second-order valence-corrected chi connectivity index (χ2v) is 7.66. The zero-order chi connectivity index (χ0) is 21.0. The average molecular weight is 396 g/mol. The van der Waals surface area contributed by atoms with Crippen molar-refractivity contribution in [2.45, 2.75) is 39.3 Å². The molecule has 0 aliphatic carbocycles. The van der Waals surface area contributed by atoms with E-state index in [1.165, 1.54) is 13.2 Å². The van der Waals surface area contributed by atoms with Crippen LogP contribution >= 0.6 is 0 Å². The summed E-state index contributed by atoms with van der Waals surface area (Å²) in [5.41, 5.74) is 0.405. The summed E-state index contributed by atoms with van der Waals surface area (Å²) in [6.45, 7) is 6.70. The van der Waals surface area contributed by atoms with Gasteiger partial charge in [-0.05, 0) is 31.4 Å². The highest BCUT2D eigenvalue weighted by atomic mass is 19.1. The minimum Gasteiger partial charge on any atom is -0.497 e. The predicted molar refractivity (Wildman–Crippen MR) is 103 cm³/mol. The molecule has 0 bridgehead atoms. The molecule has 1 aromatic rings. The molecular weight excluding hydrogens is 367 g/mol. The Balaban J connectivity index is 2.16. The average Bonchev–Trinajstić information content (AvgIpc) is 2.65. The van der Waals surface area contributed by atoms with Crippen molar-refractivity contribution in [2.24, 2.45) is 11.8 Å². The van der Waals surface area contributed by atoms with Crippen molar-refractivity contribution in [2.75, 3.05) is 31.6 Å². The van der Waals surface area contributed by atoms with Crippen molar-refractivity contribution >= 4 is 17.6 Å². The summed E-state index contributed by atoms with van der Waals surface area (Å²) in [6.07, 6.45) is -1.46. The Hall–Kier alpha value is -2.35. The van der Waals surface area contributed by atoms with Crippen LogP contribution in [0.2, 0.25) is 0 Å². The number of hydrogen-bond acceptors (Lipinski definition) is 5. The minimum atomic E-state index is -1.74. The number of hydrogen-bond donors (Lipinski definition) is 2. The Morgan fingerprint density at radius 1 is 1.32 bits per heavy atom. The molecule has 1 fully saturated rings. The third-order valence-corrected chi connectivity index (χ3v) is 5.08. The van der Waals surface area contributed by atoms with Crippen LogP contribution in [0.3, 0.4) is 0 Å². The van der Waals surface area contributed by atoms with Crippen molar-refractivity contribution < 1.29 is 28.9 Å². The van der Waals surface area contributed by atoms with Gasteiger partial charge in [0.05, 0.1) is 18.7 Å². The highest BCUT2D eigenvalue weighted by Crippen LogP contribution is 2.28. The van der Waals surface area contributed by atoms with Gasteiger partial charge >= 0.3 is 5.97 Å². The molecule has 8 heteroatoms. The van der Waals surface area contributed by atoms with E-state index in [1.807, 2.05) is 25.7 Å². The van der Waals surface area contributed by atoms with Gasteiger partial charge in [0.2, 0.25) is 5.91 Å². The quantitative estimate of drug-likeness (QED) is 0.733. The van der Waals surface area contributed by atoms with E-state index in [2.05, 4.69) is 0 Å². The van der Waals surface area contributed by atoms with Crippen molar-refractivity contribution in [3.8, 4) is 5.75 Å². The fourth-order valence-corrected chi connectivity index (χ4v) is 3.62. The van der Waals surface area contributed by atoms with Crippen LogP contribution < -0.4 is 9.64 Å². The first-order valence-corrected chi connectivity index (χ1v) is 9.45. The van der Waals surface area contributed by atoms with Gasteiger partial charge in [-0.3, -0.25) is 4.79 Å². The topological polar surface area (TPSA) is 90.3 Å². The summed E-state index contributed by atoms with van der Waals surface area (Å²) in [5.74, 6) is -2.54. The van der Waals surface area contributed by atoms with Crippen molar-refractivity contribution in [1.82, 2.24) is 4.90 Å². The van der Waals surface area contributed by atoms with Gasteiger partial charge < -0.3 is 24.7 Å². The van der Waals surface area contributed by atoms with Crippen LogP contribution in [-0.2, 0) is 9.59 Å². The van der Waals surface area contributed by atoms with E-state index in [9.17, 15) is 19.1 Å². The van der Waals surface area contributed by atoms with Crippen LogP contribution in [0, 0.1) is 17.7 Å². The maximum atomic E-state index is 14.3. The van der Waals surface area contributed by atoms with Crippen molar-refractivity contribution in [3.05, 3.63) is 24.0 Å². The zero-order valence-electron chi connectivity index (χ0n) is 16.8. The Bertz CT molecular complexity index is 712. The SMILES string of the molecule is COc1ccc(F)c(N2CCN(C(=O)[C@@H](CC(C)C)[C@H](O)C(=O)O)[C@H](C)C2)c1. The van der Waals surface area contributed by atoms with Gasteiger partial charge in [-0.15, -0.1) is 0 Å². The lowest BCUT2D eigenvalue weighted by Gasteiger charge is -2.42. The fraction of sp³-hybridized carbons (Fsp3) is 0.600. The molecule has 0 radical (unpaired) electrons. The number of carbonyl (C=O) groups excluding carboxylic acids is 1. The Morgan fingerprint density at radius 3 is 2.54 bits per heavy atom. The number of anilines is 1. The largest absolute Gasteiger partial charge is 0.497 e. The maximum Gasteiger partial charge on any atom is 0.333 e. The number of aliphatic hydroxyl groups excluding tert-OH is 1. The standard InChI is InChI=1S/C20H29FN2O5/c1-12(2)9-15(18(24)20(26)27)19(25)23-8-7-22(11-13(23)3)17-10-14(28-4)5-6-16(17)21/h5-6,10,12-13,15,18,24H,7-9,11H2,1-4H3,(H,26,27)/t13-,15+,18+/m1/s1. The third kappa shape index (κ3) is 4.92. The van der Waals surface area contributed by atoms with Crippen LogP contribution in [0.25, 0.3) is 0 Å². The Morgan fingerprint density at radius 2 is 2.00 bits per heavy atom. The van der Waals surface area contributed by atoms with Crippen molar-refractivity contribution in [3.63, 3.8) is 0 Å². The summed E-state index contributed by atoms with van der Waals surface area (Å²) in [6, 6.07) is 4.25. The van der Waals surface area contributed by atoms with Crippen LogP contribution in [-0.4, -0.2) is 65.9 Å². The van der Waals surface area contributed by atoms with Gasteiger partial charge in [-0.25, -0.2) is 9.18 Å². The molecule has 0 saturated carbocycles. The number of rotatable bonds is 7. The second-order valence-electron chi connectivity index (χ2n) is 7.66. The first-order valence-electron chi connectivity index (χ1n) is 9.45. The molecule has 1 aliphatic rings. The second kappa shape index (κ2) is 9.23. The van der Waals surface area contributed by atoms with E-state index >= 15 is 0 Å². The smallest absolute Gasteiger partial charge is 0.333 e. The number of amides is 1. The van der Waals surface area contributed by atoms with Gasteiger partial charge in [0.25, 0.3) is 0 Å². The van der Waals surface area contributed by atoms with Crippen molar-refractivity contribution in [1.29, 1.82) is 0 Å². The minimum absolute atomic E-state index is 0.0606. The van der Waals surface area contributed by atoms with Gasteiger partial charge in [0, 0.05) is 31.7 Å². The number of carbonyl (C=O) groups is 2. The summed E-state index contributed by atoms with van der Waals surface area (Å²) in [7, 11) is 1.51. The van der Waals surface area contributed by atoms with E-state index in [0.29, 0.717) is 31.1 Å². The van der Waals surface area contributed by atoms with Gasteiger partial charge in [0.1, 0.15) is 11.6 Å². The summed E-state index contributed by atoms with van der Waals surface area (Å²) >= 11 is 0. The van der Waals surface area contributed by atoms with E-state index in [4.69, 9.17) is 9.84 Å². The molecule has 28 heavy (non-hydrogen) atoms. The molecule has 1 amide bonds. The van der Waals surface area contributed by atoms with Gasteiger partial charge in [-0.2, -0.15) is 0 Å². The Kier molecular flexibility index (Phi) is 7.23. The third-order valence-electron chi connectivity index (χ3n) is 5.08. The number of carboxylic acids is 1. The van der Waals surface area contributed by atoms with E-state index in [1.54, 1.807) is 17.0 Å². The van der Waals surface area contributed by atoms with E-state index < -0.39 is 18.0 Å². The molecule has 1 aliphatic heterocycles. The van der Waals surface area contributed by atoms with Crippen LogP contribution in [0.5, 0.6) is 5.75 Å². The maximum absolute atomic E-state index is 14.3. The lowest BCUT2D eigenvalue weighted by Crippen LogP contribution is -2.57. The highest BCUT2D eigenvalue weighted by molar-refractivity contribution is 5.86. The normalized spacial score (nSPS) is 19.5. The summed E-state index contributed by atoms with van der Waals surface area (Å²) in [5, 5.41) is 19.2. The molecule has 0 unspecified atom stereocenters. The van der Waals surface area contributed by atoms with Crippen LogP contribution in [0.15, 0.2) is 18.2 Å². The highest BCUT2D eigenvalue weighted by Gasteiger charge is 2.38. The predicted octanol–water partition coefficient (Wildman–Crippen LogP) is 1.98. The monoisotopic (exact) mass is 396 g/mol. The number of ether oxygens (including phenoxy) is 1. The number of nitrogens with zero attached hydrogens (tertiary/aromatic N) is 2. The number of aliphatic carboxylic acids is 1. The number of benzene rings is 1.